The Morgan fingerprint density at radius 2 is 1.78 bits per heavy atom. The standard InChI is InChI=1S/C15H18BrNO/c1-8-6-9(16)7-10-11-13(17-12(8)10)15(4,5)18-14(11,2)3/h6-7,17H,1-5H3. The summed E-state index contributed by atoms with van der Waals surface area (Å²) in [6, 6.07) is 4.33. The third-order valence-corrected chi connectivity index (χ3v) is 4.24. The lowest BCUT2D eigenvalue weighted by molar-refractivity contribution is -0.106. The van der Waals surface area contributed by atoms with Crippen molar-refractivity contribution in [1.82, 2.24) is 4.98 Å². The minimum atomic E-state index is -0.253. The van der Waals surface area contributed by atoms with E-state index in [1.165, 1.54) is 27.7 Å². The second-order valence-electron chi connectivity index (χ2n) is 6.14. The number of rotatable bonds is 0. The van der Waals surface area contributed by atoms with Gasteiger partial charge in [-0.25, -0.2) is 0 Å². The lowest BCUT2D eigenvalue weighted by Gasteiger charge is -2.25. The molecule has 1 aromatic carbocycles. The molecule has 96 valence electrons. The maximum Gasteiger partial charge on any atom is 0.104 e. The minimum Gasteiger partial charge on any atom is -0.359 e. The van der Waals surface area contributed by atoms with Crippen LogP contribution in [0, 0.1) is 6.92 Å². The van der Waals surface area contributed by atoms with E-state index < -0.39 is 0 Å². The molecule has 18 heavy (non-hydrogen) atoms. The average molecular weight is 308 g/mol. The molecule has 0 unspecified atom stereocenters. The Morgan fingerprint density at radius 3 is 2.44 bits per heavy atom. The van der Waals surface area contributed by atoms with Crippen LogP contribution >= 0.6 is 15.9 Å². The van der Waals surface area contributed by atoms with Crippen LogP contribution in [-0.4, -0.2) is 4.98 Å². The molecule has 2 aromatic rings. The topological polar surface area (TPSA) is 25.0 Å². The summed E-state index contributed by atoms with van der Waals surface area (Å²) >= 11 is 3.59. The van der Waals surface area contributed by atoms with Crippen molar-refractivity contribution < 1.29 is 4.74 Å². The summed E-state index contributed by atoms with van der Waals surface area (Å²) in [5.41, 5.74) is 4.50. The summed E-state index contributed by atoms with van der Waals surface area (Å²) < 4.78 is 7.31. The Kier molecular flexibility index (Phi) is 2.31. The molecule has 1 aliphatic rings. The Balaban J connectivity index is 2.46. The average Bonchev–Trinajstić information content (AvgIpc) is 2.63. The molecule has 0 radical (unpaired) electrons. The van der Waals surface area contributed by atoms with E-state index in [0.29, 0.717) is 0 Å². The number of benzene rings is 1. The molecule has 0 bridgehead atoms. The van der Waals surface area contributed by atoms with Crippen molar-refractivity contribution in [3.05, 3.63) is 33.4 Å². The van der Waals surface area contributed by atoms with Crippen LogP contribution in [0.5, 0.6) is 0 Å². The summed E-state index contributed by atoms with van der Waals surface area (Å²) in [7, 11) is 0. The van der Waals surface area contributed by atoms with E-state index in [2.05, 4.69) is 67.7 Å². The lowest BCUT2D eigenvalue weighted by atomic mass is 9.94. The molecule has 3 heteroatoms. The summed E-state index contributed by atoms with van der Waals surface area (Å²) in [5, 5.41) is 1.27. The minimum absolute atomic E-state index is 0.246. The highest BCUT2D eigenvalue weighted by atomic mass is 79.9. The Morgan fingerprint density at radius 1 is 1.11 bits per heavy atom. The third-order valence-electron chi connectivity index (χ3n) is 3.78. The smallest absolute Gasteiger partial charge is 0.104 e. The quantitative estimate of drug-likeness (QED) is 0.747. The van der Waals surface area contributed by atoms with Gasteiger partial charge in [0.1, 0.15) is 5.60 Å². The molecule has 0 fully saturated rings. The highest BCUT2D eigenvalue weighted by Gasteiger charge is 2.45. The van der Waals surface area contributed by atoms with E-state index in [0.717, 1.165) is 4.47 Å². The first-order valence-electron chi connectivity index (χ1n) is 6.25. The van der Waals surface area contributed by atoms with Crippen molar-refractivity contribution in [3.8, 4) is 0 Å². The van der Waals surface area contributed by atoms with E-state index >= 15 is 0 Å². The highest BCUT2D eigenvalue weighted by Crippen LogP contribution is 2.50. The van der Waals surface area contributed by atoms with Gasteiger partial charge in [0.15, 0.2) is 0 Å². The van der Waals surface area contributed by atoms with Crippen LogP contribution in [-0.2, 0) is 15.9 Å². The van der Waals surface area contributed by atoms with Crippen LogP contribution in [0.3, 0.4) is 0 Å². The zero-order valence-electron chi connectivity index (χ0n) is 11.4. The molecule has 1 aromatic heterocycles. The Bertz CT molecular complexity index is 652. The molecule has 0 spiro atoms. The van der Waals surface area contributed by atoms with Crippen LogP contribution in [0.25, 0.3) is 10.9 Å². The maximum atomic E-state index is 6.19. The largest absolute Gasteiger partial charge is 0.359 e. The van der Waals surface area contributed by atoms with Gasteiger partial charge in [0.25, 0.3) is 0 Å². The first kappa shape index (κ1) is 12.2. The predicted octanol–water partition coefficient (Wildman–Crippen LogP) is 4.74. The molecular formula is C15H18BrNO. The van der Waals surface area contributed by atoms with Gasteiger partial charge in [-0.3, -0.25) is 0 Å². The molecule has 1 aliphatic heterocycles. The number of aryl methyl sites for hydroxylation is 1. The molecule has 0 saturated heterocycles. The van der Waals surface area contributed by atoms with Gasteiger partial charge in [-0.2, -0.15) is 0 Å². The molecule has 0 aliphatic carbocycles. The number of aromatic nitrogens is 1. The summed E-state index contributed by atoms with van der Waals surface area (Å²) in [4.78, 5) is 3.57. The van der Waals surface area contributed by atoms with E-state index in [9.17, 15) is 0 Å². The van der Waals surface area contributed by atoms with Crippen molar-refractivity contribution in [3.63, 3.8) is 0 Å². The van der Waals surface area contributed by atoms with Gasteiger partial charge >= 0.3 is 0 Å². The molecule has 3 rings (SSSR count). The second kappa shape index (κ2) is 3.40. The summed E-state index contributed by atoms with van der Waals surface area (Å²) in [5.74, 6) is 0. The van der Waals surface area contributed by atoms with Crippen LogP contribution in [0.1, 0.15) is 44.5 Å². The lowest BCUT2D eigenvalue weighted by Crippen LogP contribution is -2.23. The zero-order chi connectivity index (χ0) is 13.3. The van der Waals surface area contributed by atoms with Gasteiger partial charge < -0.3 is 9.72 Å². The third kappa shape index (κ3) is 1.50. The SMILES string of the molecule is Cc1cc(Br)cc2c3c([nH]c12)C(C)(C)OC3(C)C. The molecule has 0 atom stereocenters. The van der Waals surface area contributed by atoms with Crippen molar-refractivity contribution in [2.45, 2.75) is 45.8 Å². The number of hydrogen-bond acceptors (Lipinski definition) is 1. The van der Waals surface area contributed by atoms with Crippen LogP contribution in [0.4, 0.5) is 0 Å². The zero-order valence-corrected chi connectivity index (χ0v) is 13.0. The number of fused-ring (bicyclic) bond motifs is 3. The van der Waals surface area contributed by atoms with Gasteiger partial charge in [-0.05, 0) is 52.3 Å². The maximum absolute atomic E-state index is 6.19. The van der Waals surface area contributed by atoms with Gasteiger partial charge in [0, 0.05) is 20.9 Å². The van der Waals surface area contributed by atoms with E-state index in [1.54, 1.807) is 0 Å². The monoisotopic (exact) mass is 307 g/mol. The fourth-order valence-electron chi connectivity index (χ4n) is 3.25. The van der Waals surface area contributed by atoms with E-state index in [-0.39, 0.29) is 11.2 Å². The van der Waals surface area contributed by atoms with Gasteiger partial charge in [-0.1, -0.05) is 15.9 Å². The Labute approximate surface area is 116 Å². The van der Waals surface area contributed by atoms with Gasteiger partial charge in [0.2, 0.25) is 0 Å². The normalized spacial score (nSPS) is 20.3. The molecular weight excluding hydrogens is 290 g/mol. The fraction of sp³-hybridized carbons (Fsp3) is 0.467. The molecule has 2 heterocycles. The highest BCUT2D eigenvalue weighted by molar-refractivity contribution is 9.10. The number of halogens is 1. The van der Waals surface area contributed by atoms with Crippen LogP contribution < -0.4 is 0 Å². The molecule has 1 N–H and O–H groups in total. The Hall–Kier alpha value is -0.800. The first-order valence-corrected chi connectivity index (χ1v) is 7.04. The number of H-pyrrole nitrogens is 1. The second-order valence-corrected chi connectivity index (χ2v) is 7.06. The number of hydrogen-bond donors (Lipinski definition) is 1. The van der Waals surface area contributed by atoms with Gasteiger partial charge in [-0.15, -0.1) is 0 Å². The summed E-state index contributed by atoms with van der Waals surface area (Å²) in [6.07, 6.45) is 0. The van der Waals surface area contributed by atoms with E-state index in [1.807, 2.05) is 0 Å². The number of nitrogens with one attached hydrogen (secondary N) is 1. The predicted molar refractivity (Wildman–Crippen MR) is 77.9 cm³/mol. The first-order chi connectivity index (χ1) is 8.22. The van der Waals surface area contributed by atoms with Crippen molar-refractivity contribution in [1.29, 1.82) is 0 Å². The summed E-state index contributed by atoms with van der Waals surface area (Å²) in [6.45, 7) is 10.7. The van der Waals surface area contributed by atoms with Crippen LogP contribution in [0.15, 0.2) is 16.6 Å². The molecule has 0 saturated carbocycles. The molecule has 0 amide bonds. The van der Waals surface area contributed by atoms with Crippen molar-refractivity contribution in [2.24, 2.45) is 0 Å². The molecule has 2 nitrogen and oxygen atoms in total. The van der Waals surface area contributed by atoms with Gasteiger partial charge in [0.05, 0.1) is 11.3 Å². The number of aromatic amines is 1. The number of ether oxygens (including phenoxy) is 1. The van der Waals surface area contributed by atoms with Crippen LogP contribution in [0.2, 0.25) is 0 Å². The van der Waals surface area contributed by atoms with Crippen molar-refractivity contribution >= 4 is 26.8 Å². The fourth-order valence-corrected chi connectivity index (χ4v) is 3.82. The van der Waals surface area contributed by atoms with Crippen molar-refractivity contribution in [2.75, 3.05) is 0 Å². The van der Waals surface area contributed by atoms with E-state index in [4.69, 9.17) is 4.74 Å².